The quantitative estimate of drug-likeness (QED) is 0.623. The molecular formula is C10H6F6O2. The van der Waals surface area contributed by atoms with Crippen LogP contribution in [0.2, 0.25) is 0 Å². The van der Waals surface area contributed by atoms with Crippen molar-refractivity contribution in [3.8, 4) is 5.75 Å². The van der Waals surface area contributed by atoms with Crippen LogP contribution in [0.1, 0.15) is 10.4 Å². The number of carbonyl (C=O) groups is 1. The molecule has 0 radical (unpaired) electrons. The highest BCUT2D eigenvalue weighted by Gasteiger charge is 2.63. The molecule has 2 nitrogen and oxygen atoms in total. The minimum absolute atomic E-state index is 0.265. The minimum Gasteiger partial charge on any atom is -0.496 e. The van der Waals surface area contributed by atoms with Crippen molar-refractivity contribution in [2.45, 2.75) is 12.1 Å². The van der Waals surface area contributed by atoms with Crippen molar-refractivity contribution in [3.05, 3.63) is 29.6 Å². The van der Waals surface area contributed by atoms with Crippen molar-refractivity contribution < 1.29 is 35.9 Å². The average molecular weight is 272 g/mol. The molecule has 18 heavy (non-hydrogen) atoms. The third-order valence-corrected chi connectivity index (χ3v) is 2.05. The Hall–Kier alpha value is -1.73. The normalized spacial score (nSPS) is 12.4. The molecule has 0 aliphatic rings. The van der Waals surface area contributed by atoms with Crippen molar-refractivity contribution in [1.29, 1.82) is 0 Å². The van der Waals surface area contributed by atoms with Gasteiger partial charge in [0.15, 0.2) is 0 Å². The van der Waals surface area contributed by atoms with Gasteiger partial charge in [0.05, 0.1) is 12.7 Å². The Balaban J connectivity index is 3.31. The first-order chi connectivity index (χ1) is 8.11. The van der Waals surface area contributed by atoms with Crippen LogP contribution in [0.25, 0.3) is 0 Å². The maximum absolute atomic E-state index is 12.8. The first-order valence-electron chi connectivity index (χ1n) is 4.44. The van der Waals surface area contributed by atoms with Crippen molar-refractivity contribution in [2.75, 3.05) is 7.11 Å². The molecule has 0 N–H and O–H groups in total. The van der Waals surface area contributed by atoms with E-state index in [1.54, 1.807) is 0 Å². The van der Waals surface area contributed by atoms with Crippen molar-refractivity contribution in [3.63, 3.8) is 0 Å². The van der Waals surface area contributed by atoms with Crippen LogP contribution in [-0.2, 0) is 0 Å². The van der Waals surface area contributed by atoms with Crippen LogP contribution in [0.15, 0.2) is 18.2 Å². The molecule has 0 bridgehead atoms. The fourth-order valence-corrected chi connectivity index (χ4v) is 1.16. The van der Waals surface area contributed by atoms with Gasteiger partial charge in [-0.25, -0.2) is 4.39 Å². The van der Waals surface area contributed by atoms with Gasteiger partial charge in [-0.2, -0.15) is 22.0 Å². The van der Waals surface area contributed by atoms with Gasteiger partial charge in [-0.1, -0.05) is 0 Å². The van der Waals surface area contributed by atoms with Crippen LogP contribution in [0.5, 0.6) is 5.75 Å². The number of rotatable bonds is 3. The van der Waals surface area contributed by atoms with Crippen LogP contribution in [-0.4, -0.2) is 25.0 Å². The molecule has 0 unspecified atom stereocenters. The van der Waals surface area contributed by atoms with Gasteiger partial charge >= 0.3 is 12.1 Å². The molecule has 1 rings (SSSR count). The predicted octanol–water partition coefficient (Wildman–Crippen LogP) is 3.21. The number of Topliss-reactive ketones (excluding diaryl/α,β-unsaturated/α-hetero) is 1. The zero-order chi connectivity index (χ0) is 14.1. The van der Waals surface area contributed by atoms with Crippen molar-refractivity contribution >= 4 is 5.78 Å². The first kappa shape index (κ1) is 14.3. The molecule has 1 aromatic rings. The monoisotopic (exact) mass is 272 g/mol. The lowest BCUT2D eigenvalue weighted by Crippen LogP contribution is -2.44. The summed E-state index contributed by atoms with van der Waals surface area (Å²) in [5, 5.41) is 0. The first-order valence-corrected chi connectivity index (χ1v) is 4.44. The number of ketones is 1. The van der Waals surface area contributed by atoms with E-state index in [4.69, 9.17) is 0 Å². The molecule has 0 atom stereocenters. The predicted molar refractivity (Wildman–Crippen MR) is 48.3 cm³/mol. The van der Waals surface area contributed by atoms with Crippen LogP contribution in [0.4, 0.5) is 26.3 Å². The van der Waals surface area contributed by atoms with E-state index in [-0.39, 0.29) is 6.07 Å². The van der Waals surface area contributed by atoms with E-state index in [2.05, 4.69) is 4.74 Å². The van der Waals surface area contributed by atoms with Crippen LogP contribution < -0.4 is 4.74 Å². The number of hydrogen-bond acceptors (Lipinski definition) is 2. The molecule has 0 fully saturated rings. The van der Waals surface area contributed by atoms with E-state index in [1.807, 2.05) is 0 Å². The maximum atomic E-state index is 12.8. The standard InChI is InChI=1S/C10H6F6O2/c1-18-7-3-2-5(11)4-6(7)8(17)9(12,13)10(14,15)16/h2-4H,1H3. The second-order valence-corrected chi connectivity index (χ2v) is 3.25. The van der Waals surface area contributed by atoms with Gasteiger partial charge in [0.2, 0.25) is 5.78 Å². The van der Waals surface area contributed by atoms with Gasteiger partial charge in [0.25, 0.3) is 0 Å². The molecule has 0 aliphatic carbocycles. The zero-order valence-electron chi connectivity index (χ0n) is 8.82. The second-order valence-electron chi connectivity index (χ2n) is 3.25. The van der Waals surface area contributed by atoms with Gasteiger partial charge in [0.1, 0.15) is 11.6 Å². The number of halogens is 6. The van der Waals surface area contributed by atoms with Gasteiger partial charge in [-0.05, 0) is 18.2 Å². The summed E-state index contributed by atoms with van der Waals surface area (Å²) in [4.78, 5) is 11.1. The number of carbonyl (C=O) groups excluding carboxylic acids is 1. The second kappa shape index (κ2) is 4.51. The largest absolute Gasteiger partial charge is 0.496 e. The molecule has 1 aromatic carbocycles. The number of methoxy groups -OCH3 is 1. The van der Waals surface area contributed by atoms with Gasteiger partial charge in [0, 0.05) is 0 Å². The Kier molecular flexibility index (Phi) is 3.59. The highest BCUT2D eigenvalue weighted by atomic mass is 19.4. The van der Waals surface area contributed by atoms with Gasteiger partial charge < -0.3 is 4.74 Å². The van der Waals surface area contributed by atoms with E-state index in [1.165, 1.54) is 0 Å². The Morgan fingerprint density at radius 1 is 1.17 bits per heavy atom. The molecule has 0 aliphatic heterocycles. The Morgan fingerprint density at radius 3 is 2.17 bits per heavy atom. The summed E-state index contributed by atoms with van der Waals surface area (Å²) >= 11 is 0. The number of hydrogen-bond donors (Lipinski definition) is 0. The zero-order valence-corrected chi connectivity index (χ0v) is 8.82. The molecule has 8 heteroatoms. The highest BCUT2D eigenvalue weighted by Crippen LogP contribution is 2.39. The third-order valence-electron chi connectivity index (χ3n) is 2.05. The summed E-state index contributed by atoms with van der Waals surface area (Å²) in [5.41, 5.74) is -1.17. The lowest BCUT2D eigenvalue weighted by atomic mass is 10.0. The van der Waals surface area contributed by atoms with Gasteiger partial charge in [-0.15, -0.1) is 0 Å². The van der Waals surface area contributed by atoms with Crippen LogP contribution in [0, 0.1) is 5.82 Å². The number of benzene rings is 1. The van der Waals surface area contributed by atoms with Gasteiger partial charge in [-0.3, -0.25) is 4.79 Å². The smallest absolute Gasteiger partial charge is 0.461 e. The maximum Gasteiger partial charge on any atom is 0.461 e. The summed E-state index contributed by atoms with van der Waals surface area (Å²) in [6, 6.07) is 1.82. The van der Waals surface area contributed by atoms with Crippen LogP contribution in [0.3, 0.4) is 0 Å². The lowest BCUT2D eigenvalue weighted by molar-refractivity contribution is -0.255. The fourth-order valence-electron chi connectivity index (χ4n) is 1.16. The highest BCUT2D eigenvalue weighted by molar-refractivity contribution is 6.04. The number of alkyl halides is 5. The third kappa shape index (κ3) is 2.41. The summed E-state index contributed by atoms with van der Waals surface area (Å²) in [6.45, 7) is 0. The number of ether oxygens (including phenoxy) is 1. The molecule has 0 heterocycles. The average Bonchev–Trinajstić information content (AvgIpc) is 2.26. The Bertz CT molecular complexity index is 466. The Labute approximate surface area is 97.2 Å². The van der Waals surface area contributed by atoms with E-state index in [9.17, 15) is 31.1 Å². The summed E-state index contributed by atoms with van der Waals surface area (Å²) < 4.78 is 78.8. The summed E-state index contributed by atoms with van der Waals surface area (Å²) in [6.07, 6.45) is -6.05. The Morgan fingerprint density at radius 2 is 1.72 bits per heavy atom. The fraction of sp³-hybridized carbons (Fsp3) is 0.300. The summed E-state index contributed by atoms with van der Waals surface area (Å²) in [5.74, 6) is -9.86. The van der Waals surface area contributed by atoms with E-state index < -0.39 is 35.0 Å². The van der Waals surface area contributed by atoms with Crippen LogP contribution >= 0.6 is 0 Å². The molecule has 0 saturated carbocycles. The molecule has 0 amide bonds. The summed E-state index contributed by atoms with van der Waals surface area (Å²) in [7, 11) is 0.954. The van der Waals surface area contributed by atoms with E-state index in [0.717, 1.165) is 19.2 Å². The SMILES string of the molecule is COc1ccc(F)cc1C(=O)C(F)(F)C(F)(F)F. The molecule has 100 valence electrons. The minimum atomic E-state index is -6.05. The molecular weight excluding hydrogens is 266 g/mol. The van der Waals surface area contributed by atoms with Crippen molar-refractivity contribution in [2.24, 2.45) is 0 Å². The van der Waals surface area contributed by atoms with E-state index in [0.29, 0.717) is 0 Å². The molecule has 0 aromatic heterocycles. The van der Waals surface area contributed by atoms with Crippen molar-refractivity contribution in [1.82, 2.24) is 0 Å². The van der Waals surface area contributed by atoms with E-state index >= 15 is 0 Å². The molecule has 0 spiro atoms. The molecule has 0 saturated heterocycles. The topological polar surface area (TPSA) is 26.3 Å². The lowest BCUT2D eigenvalue weighted by Gasteiger charge is -2.19.